The van der Waals surface area contributed by atoms with Gasteiger partial charge in [-0.1, -0.05) is 0 Å². The Morgan fingerprint density at radius 1 is 1.24 bits per heavy atom. The zero-order valence-corrected chi connectivity index (χ0v) is 14.0. The van der Waals surface area contributed by atoms with Crippen molar-refractivity contribution in [2.45, 2.75) is 13.0 Å². The van der Waals surface area contributed by atoms with Gasteiger partial charge in [0.15, 0.2) is 5.76 Å². The van der Waals surface area contributed by atoms with Gasteiger partial charge >= 0.3 is 6.03 Å². The Morgan fingerprint density at radius 2 is 2.08 bits per heavy atom. The van der Waals surface area contributed by atoms with E-state index >= 15 is 0 Å². The van der Waals surface area contributed by atoms with Crippen LogP contribution in [0.4, 0.5) is 4.79 Å². The van der Waals surface area contributed by atoms with E-state index in [0.717, 1.165) is 5.76 Å². The smallest absolute Gasteiger partial charge is 0.318 e. The van der Waals surface area contributed by atoms with Gasteiger partial charge in [-0.3, -0.25) is 4.79 Å². The molecule has 1 fully saturated rings. The number of carbonyl (C=O) groups excluding carboxylic acids is 2. The van der Waals surface area contributed by atoms with Crippen LogP contribution in [0.5, 0.6) is 0 Å². The second kappa shape index (κ2) is 7.89. The van der Waals surface area contributed by atoms with Gasteiger partial charge in [-0.15, -0.1) is 0 Å². The van der Waals surface area contributed by atoms with Crippen molar-refractivity contribution in [3.05, 3.63) is 47.8 Å². The Morgan fingerprint density at radius 3 is 2.80 bits per heavy atom. The van der Waals surface area contributed by atoms with E-state index in [1.165, 1.54) is 6.26 Å². The van der Waals surface area contributed by atoms with Crippen molar-refractivity contribution in [1.29, 1.82) is 0 Å². The fourth-order valence-electron chi connectivity index (χ4n) is 2.66. The molecule has 0 aliphatic carbocycles. The topological polar surface area (TPSA) is 97.0 Å². The van der Waals surface area contributed by atoms with Crippen molar-refractivity contribution in [2.24, 2.45) is 0 Å². The second-order valence-electron chi connectivity index (χ2n) is 5.70. The average Bonchev–Trinajstić information content (AvgIpc) is 3.30. The lowest BCUT2D eigenvalue weighted by Gasteiger charge is -2.34. The molecule has 0 bridgehead atoms. The first-order valence-corrected chi connectivity index (χ1v) is 8.15. The third-order valence-corrected chi connectivity index (χ3v) is 3.91. The van der Waals surface area contributed by atoms with Crippen molar-refractivity contribution in [3.8, 4) is 0 Å². The first-order chi connectivity index (χ1) is 12.1. The lowest BCUT2D eigenvalue weighted by molar-refractivity contribution is 0.00413. The summed E-state index contributed by atoms with van der Waals surface area (Å²) in [5, 5.41) is 5.48. The van der Waals surface area contributed by atoms with Crippen molar-refractivity contribution in [1.82, 2.24) is 15.5 Å². The molecule has 134 valence electrons. The van der Waals surface area contributed by atoms with E-state index in [1.54, 1.807) is 17.0 Å². The summed E-state index contributed by atoms with van der Waals surface area (Å²) in [7, 11) is 0. The van der Waals surface area contributed by atoms with Crippen LogP contribution in [0.15, 0.2) is 39.4 Å². The van der Waals surface area contributed by atoms with E-state index in [-0.39, 0.29) is 23.7 Å². The number of hydrogen-bond donors (Lipinski definition) is 2. The van der Waals surface area contributed by atoms with Crippen LogP contribution in [0.25, 0.3) is 0 Å². The van der Waals surface area contributed by atoms with E-state index in [0.29, 0.717) is 38.6 Å². The van der Waals surface area contributed by atoms with Gasteiger partial charge in [0.25, 0.3) is 5.91 Å². The number of nitrogens with zero attached hydrogens (tertiary/aromatic N) is 1. The summed E-state index contributed by atoms with van der Waals surface area (Å²) in [6.07, 6.45) is 1.44. The number of aryl methyl sites for hydroxylation is 1. The summed E-state index contributed by atoms with van der Waals surface area (Å²) in [6.45, 7) is 3.84. The van der Waals surface area contributed by atoms with Crippen LogP contribution in [0.3, 0.4) is 0 Å². The molecule has 25 heavy (non-hydrogen) atoms. The van der Waals surface area contributed by atoms with Gasteiger partial charge in [-0.2, -0.15) is 0 Å². The van der Waals surface area contributed by atoms with E-state index in [4.69, 9.17) is 13.6 Å². The van der Waals surface area contributed by atoms with Crippen LogP contribution in [0, 0.1) is 6.92 Å². The Hall–Kier alpha value is -2.74. The minimum Gasteiger partial charge on any atom is -0.464 e. The summed E-state index contributed by atoms with van der Waals surface area (Å²) in [6, 6.07) is 6.49. The van der Waals surface area contributed by atoms with Crippen LogP contribution < -0.4 is 10.6 Å². The Bertz CT molecular complexity index is 710. The molecule has 0 radical (unpaired) electrons. The summed E-state index contributed by atoms with van der Waals surface area (Å²) in [5.41, 5.74) is 0. The maximum Gasteiger partial charge on any atom is 0.318 e. The highest BCUT2D eigenvalue weighted by Gasteiger charge is 2.30. The van der Waals surface area contributed by atoms with Gasteiger partial charge in [0.2, 0.25) is 0 Å². The largest absolute Gasteiger partial charge is 0.464 e. The van der Waals surface area contributed by atoms with E-state index in [2.05, 4.69) is 10.6 Å². The third-order valence-electron chi connectivity index (χ3n) is 3.91. The molecule has 0 unspecified atom stereocenters. The quantitative estimate of drug-likeness (QED) is 0.803. The lowest BCUT2D eigenvalue weighted by Crippen LogP contribution is -2.49. The molecule has 1 atom stereocenters. The number of morpholine rings is 1. The van der Waals surface area contributed by atoms with E-state index in [9.17, 15) is 9.59 Å². The lowest BCUT2D eigenvalue weighted by atomic mass is 10.2. The van der Waals surface area contributed by atoms with Crippen LogP contribution in [0.2, 0.25) is 0 Å². The van der Waals surface area contributed by atoms with Crippen molar-refractivity contribution >= 4 is 11.9 Å². The molecule has 3 heterocycles. The van der Waals surface area contributed by atoms with Gasteiger partial charge < -0.3 is 29.1 Å². The van der Waals surface area contributed by atoms with Gasteiger partial charge in [0.1, 0.15) is 17.6 Å². The molecule has 2 aromatic heterocycles. The standard InChI is InChI=1S/C17H21N3O5/c1-12-4-5-14(25-12)13-11-23-10-8-20(13)17(22)19-7-6-18-16(21)15-3-2-9-24-15/h2-5,9,13H,6-8,10-11H2,1H3,(H,18,21)(H,19,22)/t13-/m0/s1. The fraction of sp³-hybridized carbons (Fsp3) is 0.412. The molecule has 0 aromatic carbocycles. The van der Waals surface area contributed by atoms with Gasteiger partial charge in [-0.05, 0) is 31.2 Å². The number of furan rings is 2. The van der Waals surface area contributed by atoms with Gasteiger partial charge in [0.05, 0.1) is 19.5 Å². The Labute approximate surface area is 145 Å². The van der Waals surface area contributed by atoms with E-state index in [1.807, 2.05) is 19.1 Å². The minimum absolute atomic E-state index is 0.213. The first-order valence-electron chi connectivity index (χ1n) is 8.15. The number of rotatable bonds is 5. The molecule has 3 rings (SSSR count). The molecule has 3 amide bonds. The Balaban J connectivity index is 1.48. The van der Waals surface area contributed by atoms with Crippen LogP contribution in [-0.4, -0.2) is 49.7 Å². The summed E-state index contributed by atoms with van der Waals surface area (Å²) < 4.78 is 16.1. The highest BCUT2D eigenvalue weighted by Crippen LogP contribution is 2.25. The second-order valence-corrected chi connectivity index (χ2v) is 5.70. The highest BCUT2D eigenvalue weighted by molar-refractivity contribution is 5.91. The number of ether oxygens (including phenoxy) is 1. The molecule has 2 N–H and O–H groups in total. The molecule has 1 saturated heterocycles. The fourth-order valence-corrected chi connectivity index (χ4v) is 2.66. The number of hydrogen-bond acceptors (Lipinski definition) is 5. The summed E-state index contributed by atoms with van der Waals surface area (Å²) >= 11 is 0. The normalized spacial score (nSPS) is 17.3. The minimum atomic E-state index is -0.311. The van der Waals surface area contributed by atoms with Crippen molar-refractivity contribution < 1.29 is 23.2 Å². The summed E-state index contributed by atoms with van der Waals surface area (Å²) in [5.74, 6) is 1.43. The van der Waals surface area contributed by atoms with Crippen LogP contribution in [0.1, 0.15) is 28.1 Å². The number of amides is 3. The number of urea groups is 1. The molecular weight excluding hydrogens is 326 g/mol. The predicted octanol–water partition coefficient (Wildman–Crippen LogP) is 1.69. The zero-order chi connectivity index (χ0) is 17.6. The molecule has 0 saturated carbocycles. The maximum atomic E-state index is 12.4. The molecule has 2 aromatic rings. The van der Waals surface area contributed by atoms with E-state index < -0.39 is 0 Å². The molecule has 1 aliphatic rings. The van der Waals surface area contributed by atoms with Crippen LogP contribution in [-0.2, 0) is 4.74 Å². The molecular formula is C17H21N3O5. The highest BCUT2D eigenvalue weighted by atomic mass is 16.5. The molecule has 8 nitrogen and oxygen atoms in total. The Kier molecular flexibility index (Phi) is 5.39. The number of carbonyl (C=O) groups is 2. The zero-order valence-electron chi connectivity index (χ0n) is 14.0. The van der Waals surface area contributed by atoms with Crippen molar-refractivity contribution in [3.63, 3.8) is 0 Å². The SMILES string of the molecule is Cc1ccc([C@@H]2COCCN2C(=O)NCCNC(=O)c2ccco2)o1. The van der Waals surface area contributed by atoms with Crippen molar-refractivity contribution in [2.75, 3.05) is 32.8 Å². The monoisotopic (exact) mass is 347 g/mol. The first kappa shape index (κ1) is 17.1. The average molecular weight is 347 g/mol. The maximum absolute atomic E-state index is 12.4. The summed E-state index contributed by atoms with van der Waals surface area (Å²) in [4.78, 5) is 25.9. The molecule has 0 spiro atoms. The third kappa shape index (κ3) is 4.21. The van der Waals surface area contributed by atoms with Crippen LogP contribution >= 0.6 is 0 Å². The van der Waals surface area contributed by atoms with Gasteiger partial charge in [0, 0.05) is 19.6 Å². The van der Waals surface area contributed by atoms with Gasteiger partial charge in [-0.25, -0.2) is 4.79 Å². The number of nitrogens with one attached hydrogen (secondary N) is 2. The molecule has 1 aliphatic heterocycles. The molecule has 8 heteroatoms. The predicted molar refractivity (Wildman–Crippen MR) is 88.2 cm³/mol.